The summed E-state index contributed by atoms with van der Waals surface area (Å²) in [6.45, 7) is 4.93. The standard InChI is InChI=1S/C87H167NO5/c1-3-5-7-9-11-13-15-17-19-21-44-49-53-57-61-65-69-73-77-81-87(92)93-82-78-74-70-66-62-58-54-50-46-43-41-39-37-35-33-31-29-27-25-23-24-26-28-30-32-34-36-38-40-42-45-48-52-56-60-64-68-72-76-80-86(91)88-84(83-89)85(90)79-75-71-67-63-59-55-51-47-22-20-18-16-14-12-10-8-6-4-2/h11,13,17,19,75,79,84-85,89-90H,3-10,12,14-16,18,20-74,76-78,80-83H2,1-2H3,(H,88,91)/b13-11-,19-17-,79-75+. The lowest BCUT2D eigenvalue weighted by molar-refractivity contribution is -0.143. The van der Waals surface area contributed by atoms with E-state index in [4.69, 9.17) is 4.74 Å². The van der Waals surface area contributed by atoms with Gasteiger partial charge in [0.15, 0.2) is 0 Å². The van der Waals surface area contributed by atoms with Crippen LogP contribution in [0.25, 0.3) is 0 Å². The van der Waals surface area contributed by atoms with Gasteiger partial charge in [0.05, 0.1) is 25.4 Å². The second kappa shape index (κ2) is 82.5. The van der Waals surface area contributed by atoms with E-state index in [0.717, 1.165) is 44.9 Å². The van der Waals surface area contributed by atoms with Gasteiger partial charge in [0, 0.05) is 12.8 Å². The van der Waals surface area contributed by atoms with Crippen LogP contribution < -0.4 is 5.32 Å². The summed E-state index contributed by atoms with van der Waals surface area (Å²) < 4.78 is 5.52. The lowest BCUT2D eigenvalue weighted by atomic mass is 10.0. The van der Waals surface area contributed by atoms with Crippen molar-refractivity contribution >= 4 is 11.9 Å². The number of nitrogens with one attached hydrogen (secondary N) is 1. The molecule has 2 unspecified atom stereocenters. The van der Waals surface area contributed by atoms with Crippen molar-refractivity contribution in [1.82, 2.24) is 5.32 Å². The van der Waals surface area contributed by atoms with E-state index in [1.54, 1.807) is 6.08 Å². The van der Waals surface area contributed by atoms with Gasteiger partial charge in [-0.3, -0.25) is 9.59 Å². The Labute approximate surface area is 583 Å². The zero-order valence-electron chi connectivity index (χ0n) is 63.3. The molecule has 2 atom stereocenters. The molecule has 3 N–H and O–H groups in total. The van der Waals surface area contributed by atoms with E-state index in [0.29, 0.717) is 19.4 Å². The van der Waals surface area contributed by atoms with Gasteiger partial charge in [0.2, 0.25) is 5.91 Å². The summed E-state index contributed by atoms with van der Waals surface area (Å²) in [5.74, 6) is -0.0367. The highest BCUT2D eigenvalue weighted by Gasteiger charge is 2.18. The second-order valence-electron chi connectivity index (χ2n) is 29.5. The molecule has 6 nitrogen and oxygen atoms in total. The largest absolute Gasteiger partial charge is 0.466 e. The first-order valence-corrected chi connectivity index (χ1v) is 42.8. The molecule has 0 spiro atoms. The van der Waals surface area contributed by atoms with Crippen molar-refractivity contribution in [2.75, 3.05) is 13.2 Å². The molecule has 0 radical (unpaired) electrons. The van der Waals surface area contributed by atoms with Crippen molar-refractivity contribution in [1.29, 1.82) is 0 Å². The van der Waals surface area contributed by atoms with Gasteiger partial charge in [-0.05, 0) is 64.2 Å². The van der Waals surface area contributed by atoms with Gasteiger partial charge in [-0.25, -0.2) is 0 Å². The van der Waals surface area contributed by atoms with Crippen LogP contribution in [0.4, 0.5) is 0 Å². The summed E-state index contributed by atoms with van der Waals surface area (Å²) >= 11 is 0. The van der Waals surface area contributed by atoms with Crippen LogP contribution >= 0.6 is 0 Å². The first-order valence-electron chi connectivity index (χ1n) is 42.8. The molecule has 0 saturated carbocycles. The third-order valence-electron chi connectivity index (χ3n) is 20.2. The fourth-order valence-corrected chi connectivity index (χ4v) is 13.7. The molecular weight excluding hydrogens is 1140 g/mol. The maximum absolute atomic E-state index is 12.5. The van der Waals surface area contributed by atoms with E-state index < -0.39 is 12.1 Å². The fourth-order valence-electron chi connectivity index (χ4n) is 13.7. The number of aliphatic hydroxyl groups excluding tert-OH is 2. The molecule has 0 heterocycles. The zero-order valence-corrected chi connectivity index (χ0v) is 63.3. The van der Waals surface area contributed by atoms with Crippen LogP contribution in [0.5, 0.6) is 0 Å². The van der Waals surface area contributed by atoms with Crippen LogP contribution in [0.15, 0.2) is 36.5 Å². The number of unbranched alkanes of at least 4 members (excludes halogenated alkanes) is 66. The molecule has 0 bridgehead atoms. The molecule has 6 heteroatoms. The fraction of sp³-hybridized carbons (Fsp3) is 0.908. The molecule has 0 rings (SSSR count). The molecule has 93 heavy (non-hydrogen) atoms. The van der Waals surface area contributed by atoms with Crippen LogP contribution in [0, 0.1) is 0 Å². The minimum Gasteiger partial charge on any atom is -0.466 e. The molecule has 0 aromatic rings. The summed E-state index contributed by atoms with van der Waals surface area (Å²) in [7, 11) is 0. The average Bonchev–Trinajstić information content (AvgIpc) is 3.68. The van der Waals surface area contributed by atoms with Gasteiger partial charge in [0.1, 0.15) is 0 Å². The topological polar surface area (TPSA) is 95.9 Å². The van der Waals surface area contributed by atoms with E-state index in [1.165, 1.54) is 411 Å². The summed E-state index contributed by atoms with van der Waals surface area (Å²) in [6.07, 6.45) is 109. The number of allylic oxidation sites excluding steroid dienone is 5. The maximum atomic E-state index is 12.5. The van der Waals surface area contributed by atoms with Crippen LogP contribution in [-0.4, -0.2) is 47.4 Å². The predicted octanol–water partition coefficient (Wildman–Crippen LogP) is 28.6. The maximum Gasteiger partial charge on any atom is 0.305 e. The van der Waals surface area contributed by atoms with Crippen LogP contribution in [0.2, 0.25) is 0 Å². The Bertz CT molecular complexity index is 1510. The number of hydrogen-bond acceptors (Lipinski definition) is 5. The summed E-state index contributed by atoms with van der Waals surface area (Å²) in [5, 5.41) is 23.3. The minimum atomic E-state index is -0.841. The highest BCUT2D eigenvalue weighted by Crippen LogP contribution is 2.21. The van der Waals surface area contributed by atoms with Gasteiger partial charge in [0.25, 0.3) is 0 Å². The van der Waals surface area contributed by atoms with Crippen molar-refractivity contribution in [3.05, 3.63) is 36.5 Å². The van der Waals surface area contributed by atoms with Gasteiger partial charge >= 0.3 is 5.97 Å². The molecule has 0 aliphatic heterocycles. The minimum absolute atomic E-state index is 0.0209. The number of esters is 1. The Balaban J connectivity index is 3.30. The lowest BCUT2D eigenvalue weighted by Gasteiger charge is -2.20. The highest BCUT2D eigenvalue weighted by atomic mass is 16.5. The number of aliphatic hydroxyl groups is 2. The Morgan fingerprint density at radius 1 is 0.301 bits per heavy atom. The van der Waals surface area contributed by atoms with E-state index >= 15 is 0 Å². The van der Waals surface area contributed by atoms with Gasteiger partial charge in [-0.15, -0.1) is 0 Å². The predicted molar refractivity (Wildman–Crippen MR) is 412 cm³/mol. The van der Waals surface area contributed by atoms with Gasteiger partial charge in [-0.2, -0.15) is 0 Å². The van der Waals surface area contributed by atoms with E-state index in [-0.39, 0.29) is 18.5 Å². The highest BCUT2D eigenvalue weighted by molar-refractivity contribution is 5.76. The Kier molecular flexibility index (Phi) is 80.8. The second-order valence-corrected chi connectivity index (χ2v) is 29.5. The van der Waals surface area contributed by atoms with Crippen molar-refractivity contribution in [2.45, 2.75) is 495 Å². The Morgan fingerprint density at radius 2 is 0.538 bits per heavy atom. The van der Waals surface area contributed by atoms with Crippen molar-refractivity contribution in [2.24, 2.45) is 0 Å². The molecule has 550 valence electrons. The first-order chi connectivity index (χ1) is 46.0. The number of carbonyl (C=O) groups is 2. The molecule has 0 fully saturated rings. The van der Waals surface area contributed by atoms with Crippen LogP contribution in [0.3, 0.4) is 0 Å². The Morgan fingerprint density at radius 3 is 0.839 bits per heavy atom. The number of carbonyl (C=O) groups excluding carboxylic acids is 2. The number of amides is 1. The monoisotopic (exact) mass is 1310 g/mol. The molecule has 0 saturated heterocycles. The first kappa shape index (κ1) is 91.1. The van der Waals surface area contributed by atoms with Gasteiger partial charge in [-0.1, -0.05) is 442 Å². The van der Waals surface area contributed by atoms with E-state index in [9.17, 15) is 19.8 Å². The molecule has 0 aliphatic rings. The molecule has 0 aromatic carbocycles. The van der Waals surface area contributed by atoms with Crippen molar-refractivity contribution in [3.8, 4) is 0 Å². The molecular formula is C87H167NO5. The summed E-state index contributed by atoms with van der Waals surface area (Å²) in [6, 6.07) is -0.624. The van der Waals surface area contributed by atoms with Gasteiger partial charge < -0.3 is 20.3 Å². The van der Waals surface area contributed by atoms with Crippen LogP contribution in [0.1, 0.15) is 483 Å². The summed E-state index contributed by atoms with van der Waals surface area (Å²) in [5.41, 5.74) is 0. The molecule has 1 amide bonds. The summed E-state index contributed by atoms with van der Waals surface area (Å²) in [4.78, 5) is 24.7. The van der Waals surface area contributed by atoms with E-state index in [1.807, 2.05) is 6.08 Å². The average molecular weight is 1310 g/mol. The van der Waals surface area contributed by atoms with E-state index in [2.05, 4.69) is 43.5 Å². The SMILES string of the molecule is CCCCC/C=C\C/C=C\CCCCCCCCCCCC(=O)OCCCCCCCCCCCCCCCCCCCCCCCCCCCCCCCCCCCCCCCCCC(=O)NC(CO)C(O)/C=C/CCCCCCCCCCCCCCCCCC. The number of hydrogen-bond donors (Lipinski definition) is 3. The third-order valence-corrected chi connectivity index (χ3v) is 20.2. The normalized spacial score (nSPS) is 12.6. The molecule has 0 aliphatic carbocycles. The number of rotatable bonds is 81. The third kappa shape index (κ3) is 79.0. The smallest absolute Gasteiger partial charge is 0.305 e. The van der Waals surface area contributed by atoms with Crippen molar-refractivity contribution < 1.29 is 24.5 Å². The quantitative estimate of drug-likeness (QED) is 0.0320. The molecule has 0 aromatic heterocycles. The lowest BCUT2D eigenvalue weighted by Crippen LogP contribution is -2.45. The van der Waals surface area contributed by atoms with Crippen molar-refractivity contribution in [3.63, 3.8) is 0 Å². The number of ether oxygens (including phenoxy) is 1. The van der Waals surface area contributed by atoms with Crippen LogP contribution in [-0.2, 0) is 14.3 Å². The Hall–Kier alpha value is -1.92. The zero-order chi connectivity index (χ0) is 67.0.